The van der Waals surface area contributed by atoms with Gasteiger partial charge < -0.3 is 10.2 Å². The standard InChI is InChI=1S/C22H32O3/c1-20-10-6-16(24)14-15(20)4-5-17-18(20)7-11-21(2)19(17)8-12-22(21,25)9-3-13-23/h6,10,14,17-19,23,25H,3-5,7-9,11-13H2,1-2H3/t17-,18+,19+,20+,21+,22+/m1/s1. The lowest BCUT2D eigenvalue weighted by Gasteiger charge is -2.58. The van der Waals surface area contributed by atoms with Crippen molar-refractivity contribution in [2.45, 2.75) is 70.8 Å². The normalized spacial score (nSPS) is 48.6. The van der Waals surface area contributed by atoms with Gasteiger partial charge in [-0.05, 0) is 86.7 Å². The van der Waals surface area contributed by atoms with Crippen molar-refractivity contribution in [2.24, 2.45) is 28.6 Å². The van der Waals surface area contributed by atoms with Crippen molar-refractivity contribution in [3.05, 3.63) is 23.8 Å². The molecule has 0 heterocycles. The van der Waals surface area contributed by atoms with Crippen molar-refractivity contribution in [3.8, 4) is 0 Å². The fourth-order valence-corrected chi connectivity index (χ4v) is 7.09. The zero-order chi connectivity index (χ0) is 17.9. The number of carbonyl (C=O) groups is 1. The molecule has 4 rings (SSSR count). The highest BCUT2D eigenvalue weighted by Crippen LogP contribution is 2.67. The molecular formula is C22H32O3. The molecule has 0 aliphatic heterocycles. The molecule has 0 unspecified atom stereocenters. The van der Waals surface area contributed by atoms with Crippen LogP contribution in [0.5, 0.6) is 0 Å². The molecule has 25 heavy (non-hydrogen) atoms. The Kier molecular flexibility index (Phi) is 4.05. The van der Waals surface area contributed by atoms with Gasteiger partial charge in [-0.15, -0.1) is 0 Å². The van der Waals surface area contributed by atoms with E-state index in [4.69, 9.17) is 0 Å². The molecule has 4 aliphatic carbocycles. The monoisotopic (exact) mass is 344 g/mol. The molecule has 3 heteroatoms. The summed E-state index contributed by atoms with van der Waals surface area (Å²) >= 11 is 0. The SMILES string of the molecule is C[C@]12C=CC(=O)C=C1CC[C@@H]1[C@@H]2CC[C@@]2(C)[C@H]1CC[C@@]2(O)CCCO. The van der Waals surface area contributed by atoms with Gasteiger partial charge in [0.15, 0.2) is 5.78 Å². The van der Waals surface area contributed by atoms with E-state index in [9.17, 15) is 15.0 Å². The van der Waals surface area contributed by atoms with E-state index in [0.717, 1.165) is 44.9 Å². The van der Waals surface area contributed by atoms with E-state index in [-0.39, 0.29) is 23.2 Å². The van der Waals surface area contributed by atoms with Crippen LogP contribution in [0.4, 0.5) is 0 Å². The molecule has 0 amide bonds. The van der Waals surface area contributed by atoms with Crippen LogP contribution in [0.1, 0.15) is 65.2 Å². The molecule has 138 valence electrons. The van der Waals surface area contributed by atoms with Crippen molar-refractivity contribution in [1.82, 2.24) is 0 Å². The van der Waals surface area contributed by atoms with E-state index in [0.29, 0.717) is 24.2 Å². The second-order valence-corrected chi connectivity index (χ2v) is 9.46. The molecular weight excluding hydrogens is 312 g/mol. The maximum atomic E-state index is 11.8. The van der Waals surface area contributed by atoms with Crippen molar-refractivity contribution < 1.29 is 15.0 Å². The maximum absolute atomic E-state index is 11.8. The number of hydrogen-bond donors (Lipinski definition) is 2. The maximum Gasteiger partial charge on any atom is 0.178 e. The van der Waals surface area contributed by atoms with Gasteiger partial charge in [0, 0.05) is 12.0 Å². The molecule has 4 aliphatic rings. The number of aliphatic hydroxyl groups excluding tert-OH is 1. The average molecular weight is 344 g/mol. The molecule has 3 saturated carbocycles. The van der Waals surface area contributed by atoms with Gasteiger partial charge in [-0.2, -0.15) is 0 Å². The largest absolute Gasteiger partial charge is 0.396 e. The average Bonchev–Trinajstić information content (AvgIpc) is 2.85. The molecule has 0 spiro atoms. The highest BCUT2D eigenvalue weighted by Gasteiger charge is 2.63. The van der Waals surface area contributed by atoms with Crippen molar-refractivity contribution in [1.29, 1.82) is 0 Å². The van der Waals surface area contributed by atoms with E-state index in [1.165, 1.54) is 5.57 Å². The fraction of sp³-hybridized carbons (Fsp3) is 0.773. The number of fused-ring (bicyclic) bond motifs is 5. The summed E-state index contributed by atoms with van der Waals surface area (Å²) in [5, 5.41) is 20.7. The molecule has 0 radical (unpaired) electrons. The van der Waals surface area contributed by atoms with Gasteiger partial charge in [-0.1, -0.05) is 25.5 Å². The lowest BCUT2D eigenvalue weighted by molar-refractivity contribution is -0.127. The minimum absolute atomic E-state index is 0.0187. The quantitative estimate of drug-likeness (QED) is 0.819. The molecule has 0 aromatic carbocycles. The molecule has 0 aromatic heterocycles. The summed E-state index contributed by atoms with van der Waals surface area (Å²) < 4.78 is 0. The van der Waals surface area contributed by atoms with Crippen LogP contribution in [-0.2, 0) is 4.79 Å². The molecule has 3 fully saturated rings. The number of hydrogen-bond acceptors (Lipinski definition) is 3. The third-order valence-electron chi connectivity index (χ3n) is 8.63. The van der Waals surface area contributed by atoms with E-state index in [2.05, 4.69) is 19.9 Å². The first-order valence-corrected chi connectivity index (χ1v) is 10.1. The molecule has 0 bridgehead atoms. The summed E-state index contributed by atoms with van der Waals surface area (Å²) in [5.41, 5.74) is 0.734. The van der Waals surface area contributed by atoms with E-state index < -0.39 is 5.60 Å². The Morgan fingerprint density at radius 3 is 2.68 bits per heavy atom. The summed E-state index contributed by atoms with van der Waals surface area (Å²) in [7, 11) is 0. The van der Waals surface area contributed by atoms with Crippen LogP contribution in [0.25, 0.3) is 0 Å². The summed E-state index contributed by atoms with van der Waals surface area (Å²) in [5.74, 6) is 1.95. The zero-order valence-electron chi connectivity index (χ0n) is 15.6. The van der Waals surface area contributed by atoms with Crippen molar-refractivity contribution in [2.75, 3.05) is 6.61 Å². The number of aliphatic hydroxyl groups is 2. The minimum Gasteiger partial charge on any atom is -0.396 e. The predicted molar refractivity (Wildman–Crippen MR) is 97.9 cm³/mol. The van der Waals surface area contributed by atoms with Gasteiger partial charge in [-0.25, -0.2) is 0 Å². The lowest BCUT2D eigenvalue weighted by Crippen LogP contribution is -2.54. The van der Waals surface area contributed by atoms with Crippen LogP contribution in [0.15, 0.2) is 23.8 Å². The van der Waals surface area contributed by atoms with Crippen molar-refractivity contribution >= 4 is 5.78 Å². The zero-order valence-corrected chi connectivity index (χ0v) is 15.6. The predicted octanol–water partition coefficient (Wildman–Crippen LogP) is 3.80. The lowest BCUT2D eigenvalue weighted by atomic mass is 9.47. The van der Waals surface area contributed by atoms with Gasteiger partial charge in [-0.3, -0.25) is 4.79 Å². The molecule has 2 N–H and O–H groups in total. The number of rotatable bonds is 3. The van der Waals surface area contributed by atoms with Gasteiger partial charge in [0.25, 0.3) is 0 Å². The second-order valence-electron chi connectivity index (χ2n) is 9.46. The fourth-order valence-electron chi connectivity index (χ4n) is 7.09. The highest BCUT2D eigenvalue weighted by molar-refractivity contribution is 6.01. The van der Waals surface area contributed by atoms with Crippen molar-refractivity contribution in [3.63, 3.8) is 0 Å². The third kappa shape index (κ3) is 2.35. The van der Waals surface area contributed by atoms with E-state index in [1.54, 1.807) is 6.08 Å². The summed E-state index contributed by atoms with van der Waals surface area (Å²) in [6.07, 6.45) is 13.6. The summed E-state index contributed by atoms with van der Waals surface area (Å²) in [6.45, 7) is 4.81. The van der Waals surface area contributed by atoms with Gasteiger partial charge in [0.1, 0.15) is 0 Å². The van der Waals surface area contributed by atoms with Gasteiger partial charge in [0.2, 0.25) is 0 Å². The Labute approximate surface area is 151 Å². The van der Waals surface area contributed by atoms with Crippen LogP contribution in [-0.4, -0.2) is 28.2 Å². The van der Waals surface area contributed by atoms with Crippen LogP contribution in [0, 0.1) is 28.6 Å². The smallest absolute Gasteiger partial charge is 0.178 e. The van der Waals surface area contributed by atoms with Gasteiger partial charge >= 0.3 is 0 Å². The first kappa shape index (κ1) is 17.5. The number of carbonyl (C=O) groups excluding carboxylic acids is 1. The Hall–Kier alpha value is -0.930. The van der Waals surface area contributed by atoms with Crippen LogP contribution < -0.4 is 0 Å². The molecule has 0 aromatic rings. The number of allylic oxidation sites excluding steroid dienone is 4. The molecule has 3 nitrogen and oxygen atoms in total. The number of ketones is 1. The van der Waals surface area contributed by atoms with Crippen LogP contribution in [0.3, 0.4) is 0 Å². The first-order valence-electron chi connectivity index (χ1n) is 10.1. The highest BCUT2D eigenvalue weighted by atomic mass is 16.3. The Balaban J connectivity index is 1.64. The molecule has 0 saturated heterocycles. The Bertz CT molecular complexity index is 635. The van der Waals surface area contributed by atoms with E-state index in [1.807, 2.05) is 6.08 Å². The third-order valence-corrected chi connectivity index (χ3v) is 8.63. The minimum atomic E-state index is -0.610. The van der Waals surface area contributed by atoms with E-state index >= 15 is 0 Å². The molecule has 6 atom stereocenters. The summed E-state index contributed by atoms with van der Waals surface area (Å²) in [4.78, 5) is 11.8. The Morgan fingerprint density at radius 2 is 1.92 bits per heavy atom. The summed E-state index contributed by atoms with van der Waals surface area (Å²) in [6, 6.07) is 0. The Morgan fingerprint density at radius 1 is 1.16 bits per heavy atom. The van der Waals surface area contributed by atoms with Crippen LogP contribution in [0.2, 0.25) is 0 Å². The first-order chi connectivity index (χ1) is 11.8. The second kappa shape index (κ2) is 5.79. The topological polar surface area (TPSA) is 57.5 Å². The van der Waals surface area contributed by atoms with Crippen LogP contribution >= 0.6 is 0 Å². The van der Waals surface area contributed by atoms with Gasteiger partial charge in [0.05, 0.1) is 5.60 Å².